The van der Waals surface area contributed by atoms with Crippen LogP contribution in [0.2, 0.25) is 0 Å². The maximum absolute atomic E-state index is 12.1. The van der Waals surface area contributed by atoms with Gasteiger partial charge in [-0.3, -0.25) is 4.79 Å². The predicted octanol–water partition coefficient (Wildman–Crippen LogP) is 3.16. The van der Waals surface area contributed by atoms with Crippen LogP contribution in [0.5, 0.6) is 0 Å². The molecular formula is C16H16N2O. The Morgan fingerprint density at radius 2 is 1.79 bits per heavy atom. The van der Waals surface area contributed by atoms with Crippen molar-refractivity contribution in [1.82, 2.24) is 5.32 Å². The molecule has 1 atom stereocenters. The quantitative estimate of drug-likeness (QED) is 0.818. The number of rotatable bonds is 1. The number of hydrogen-bond acceptors (Lipinski definition) is 2. The summed E-state index contributed by atoms with van der Waals surface area (Å²) in [5.41, 5.74) is 5.06. The standard InChI is InChI=1S/C16H16N2O/c1-10-7-8-11(2)13(9-10)15-17-14-6-4-3-5-12(14)16(19)18-15/h3-9,15,17H,1-2H3,(H,18,19)/t15-/m1/s1. The normalized spacial score (nSPS) is 17.4. The summed E-state index contributed by atoms with van der Waals surface area (Å²) in [4.78, 5) is 12.1. The maximum Gasteiger partial charge on any atom is 0.255 e. The van der Waals surface area contributed by atoms with E-state index in [2.05, 4.69) is 42.7 Å². The summed E-state index contributed by atoms with van der Waals surface area (Å²) in [5, 5.41) is 6.39. The van der Waals surface area contributed by atoms with Crippen molar-refractivity contribution in [3.05, 3.63) is 64.7 Å². The Balaban J connectivity index is 2.01. The van der Waals surface area contributed by atoms with E-state index in [0.717, 1.165) is 11.3 Å². The molecule has 0 fully saturated rings. The molecule has 96 valence electrons. The van der Waals surface area contributed by atoms with E-state index in [-0.39, 0.29) is 12.1 Å². The first kappa shape index (κ1) is 11.8. The molecule has 3 rings (SSSR count). The van der Waals surface area contributed by atoms with Gasteiger partial charge < -0.3 is 10.6 Å². The lowest BCUT2D eigenvalue weighted by Crippen LogP contribution is -2.38. The molecule has 1 aliphatic heterocycles. The summed E-state index contributed by atoms with van der Waals surface area (Å²) in [6, 6.07) is 13.9. The summed E-state index contributed by atoms with van der Waals surface area (Å²) in [6.07, 6.45) is -0.165. The molecule has 19 heavy (non-hydrogen) atoms. The minimum absolute atomic E-state index is 0.0275. The van der Waals surface area contributed by atoms with Crippen LogP contribution in [0, 0.1) is 13.8 Å². The van der Waals surface area contributed by atoms with Crippen LogP contribution < -0.4 is 10.6 Å². The fraction of sp³-hybridized carbons (Fsp3) is 0.188. The van der Waals surface area contributed by atoms with Crippen molar-refractivity contribution in [2.24, 2.45) is 0 Å². The fourth-order valence-corrected chi connectivity index (χ4v) is 2.43. The summed E-state index contributed by atoms with van der Waals surface area (Å²) in [6.45, 7) is 4.12. The molecule has 0 saturated heterocycles. The van der Waals surface area contributed by atoms with Crippen LogP contribution in [0.1, 0.15) is 33.2 Å². The summed E-state index contributed by atoms with van der Waals surface area (Å²) in [7, 11) is 0. The molecule has 0 aliphatic carbocycles. The number of amides is 1. The zero-order valence-electron chi connectivity index (χ0n) is 11.0. The van der Waals surface area contributed by atoms with Gasteiger partial charge in [0.1, 0.15) is 6.17 Å². The SMILES string of the molecule is Cc1ccc(C)c([C@H]2NC(=O)c3ccccc3N2)c1. The number of hydrogen-bond donors (Lipinski definition) is 2. The number of benzene rings is 2. The molecule has 3 nitrogen and oxygen atoms in total. The predicted molar refractivity (Wildman–Crippen MR) is 76.2 cm³/mol. The van der Waals surface area contributed by atoms with Gasteiger partial charge in [-0.1, -0.05) is 35.9 Å². The van der Waals surface area contributed by atoms with Gasteiger partial charge in [0.15, 0.2) is 0 Å². The molecule has 0 radical (unpaired) electrons. The van der Waals surface area contributed by atoms with E-state index in [1.165, 1.54) is 11.1 Å². The summed E-state index contributed by atoms with van der Waals surface area (Å²) >= 11 is 0. The van der Waals surface area contributed by atoms with Gasteiger partial charge in [-0.25, -0.2) is 0 Å². The van der Waals surface area contributed by atoms with E-state index in [1.54, 1.807) is 0 Å². The van der Waals surface area contributed by atoms with Crippen LogP contribution in [0.4, 0.5) is 5.69 Å². The van der Waals surface area contributed by atoms with E-state index in [1.807, 2.05) is 24.3 Å². The van der Waals surface area contributed by atoms with Crippen LogP contribution in [-0.4, -0.2) is 5.91 Å². The summed E-state index contributed by atoms with van der Waals surface area (Å²) < 4.78 is 0. The van der Waals surface area contributed by atoms with E-state index in [9.17, 15) is 4.79 Å². The molecule has 1 amide bonds. The van der Waals surface area contributed by atoms with E-state index >= 15 is 0 Å². The van der Waals surface area contributed by atoms with Gasteiger partial charge >= 0.3 is 0 Å². The third-order valence-corrected chi connectivity index (χ3v) is 3.49. The highest BCUT2D eigenvalue weighted by Crippen LogP contribution is 2.28. The minimum Gasteiger partial charge on any atom is -0.361 e. The highest BCUT2D eigenvalue weighted by atomic mass is 16.2. The maximum atomic E-state index is 12.1. The van der Waals surface area contributed by atoms with Gasteiger partial charge in [-0.2, -0.15) is 0 Å². The van der Waals surface area contributed by atoms with Crippen LogP contribution >= 0.6 is 0 Å². The highest BCUT2D eigenvalue weighted by Gasteiger charge is 2.24. The lowest BCUT2D eigenvalue weighted by Gasteiger charge is -2.29. The first-order valence-corrected chi connectivity index (χ1v) is 6.39. The number of aryl methyl sites for hydroxylation is 2. The molecule has 2 aromatic rings. The van der Waals surface area contributed by atoms with Gasteiger partial charge in [0.05, 0.1) is 5.56 Å². The Labute approximate surface area is 112 Å². The van der Waals surface area contributed by atoms with Crippen molar-refractivity contribution >= 4 is 11.6 Å². The monoisotopic (exact) mass is 252 g/mol. The van der Waals surface area contributed by atoms with E-state index in [0.29, 0.717) is 5.56 Å². The first-order valence-electron chi connectivity index (χ1n) is 6.39. The smallest absolute Gasteiger partial charge is 0.255 e. The minimum atomic E-state index is -0.165. The molecule has 0 aromatic heterocycles. The lowest BCUT2D eigenvalue weighted by molar-refractivity contribution is 0.0935. The fourth-order valence-electron chi connectivity index (χ4n) is 2.43. The number of carbonyl (C=O) groups excluding carboxylic acids is 1. The molecule has 2 aromatic carbocycles. The van der Waals surface area contributed by atoms with Gasteiger partial charge in [-0.15, -0.1) is 0 Å². The molecule has 3 heteroatoms. The molecule has 0 spiro atoms. The average Bonchev–Trinajstić information content (AvgIpc) is 2.41. The van der Waals surface area contributed by atoms with Gasteiger partial charge in [-0.05, 0) is 37.1 Å². The molecule has 2 N–H and O–H groups in total. The van der Waals surface area contributed by atoms with Crippen molar-refractivity contribution in [2.75, 3.05) is 5.32 Å². The lowest BCUT2D eigenvalue weighted by atomic mass is 10.0. The van der Waals surface area contributed by atoms with Crippen molar-refractivity contribution in [2.45, 2.75) is 20.0 Å². The number of nitrogens with one attached hydrogen (secondary N) is 2. The molecule has 1 heterocycles. The van der Waals surface area contributed by atoms with Crippen LogP contribution in [0.25, 0.3) is 0 Å². The van der Waals surface area contributed by atoms with Gasteiger partial charge in [0.2, 0.25) is 0 Å². The first-order chi connectivity index (χ1) is 9.15. The number of fused-ring (bicyclic) bond motifs is 1. The highest BCUT2D eigenvalue weighted by molar-refractivity contribution is 6.01. The third kappa shape index (κ3) is 2.08. The van der Waals surface area contributed by atoms with E-state index in [4.69, 9.17) is 0 Å². The molecule has 1 aliphatic rings. The van der Waals surface area contributed by atoms with Crippen molar-refractivity contribution < 1.29 is 4.79 Å². The number of para-hydroxylation sites is 1. The summed E-state index contributed by atoms with van der Waals surface area (Å²) in [5.74, 6) is -0.0275. The van der Waals surface area contributed by atoms with Crippen molar-refractivity contribution in [1.29, 1.82) is 0 Å². The van der Waals surface area contributed by atoms with Crippen LogP contribution in [-0.2, 0) is 0 Å². The second-order valence-electron chi connectivity index (χ2n) is 4.96. The Hall–Kier alpha value is -2.29. The second-order valence-corrected chi connectivity index (χ2v) is 4.96. The number of anilines is 1. The van der Waals surface area contributed by atoms with Gasteiger partial charge in [0.25, 0.3) is 5.91 Å². The van der Waals surface area contributed by atoms with Crippen molar-refractivity contribution in [3.63, 3.8) is 0 Å². The topological polar surface area (TPSA) is 41.1 Å². The van der Waals surface area contributed by atoms with Gasteiger partial charge in [0, 0.05) is 5.69 Å². The number of carbonyl (C=O) groups is 1. The van der Waals surface area contributed by atoms with Crippen molar-refractivity contribution in [3.8, 4) is 0 Å². The average molecular weight is 252 g/mol. The van der Waals surface area contributed by atoms with Crippen LogP contribution in [0.3, 0.4) is 0 Å². The third-order valence-electron chi connectivity index (χ3n) is 3.49. The molecule has 0 saturated carbocycles. The Kier molecular flexibility index (Phi) is 2.75. The van der Waals surface area contributed by atoms with Crippen LogP contribution in [0.15, 0.2) is 42.5 Å². The van der Waals surface area contributed by atoms with E-state index < -0.39 is 0 Å². The Morgan fingerprint density at radius 3 is 2.63 bits per heavy atom. The zero-order valence-corrected chi connectivity index (χ0v) is 11.0. The Bertz CT molecular complexity index is 649. The molecule has 0 unspecified atom stereocenters. The molecular weight excluding hydrogens is 236 g/mol. The largest absolute Gasteiger partial charge is 0.361 e. The zero-order chi connectivity index (χ0) is 13.4. The molecule has 0 bridgehead atoms. The second kappa shape index (κ2) is 4.43. The Morgan fingerprint density at radius 1 is 1.00 bits per heavy atom.